The van der Waals surface area contributed by atoms with Gasteiger partial charge in [-0.05, 0) is 317 Å². The number of aliphatic carboxylic acids is 1. The number of nitrogens with one attached hydrogen (secondary N) is 2. The normalized spacial score (nSPS) is 19.8. The Labute approximate surface area is 750 Å². The van der Waals surface area contributed by atoms with Gasteiger partial charge in [-0.25, -0.2) is 4.79 Å². The van der Waals surface area contributed by atoms with E-state index in [1.807, 2.05) is 0 Å². The molecule has 4 saturated heterocycles. The number of halogens is 4. The zero-order valence-electron chi connectivity index (χ0n) is 74.7. The van der Waals surface area contributed by atoms with Crippen LogP contribution in [0, 0.1) is 81.1 Å². The number of hydrogen-bond acceptors (Lipinski definition) is 14. The molecule has 0 aromatic heterocycles. The second-order valence-corrected chi connectivity index (χ2v) is 35.2. The fourth-order valence-corrected chi connectivity index (χ4v) is 17.6. The van der Waals surface area contributed by atoms with E-state index in [1.165, 1.54) is 144 Å². The van der Waals surface area contributed by atoms with E-state index in [4.69, 9.17) is 28.8 Å². The molecule has 19 nitrogen and oxygen atoms in total. The average molecular weight is 1790 g/mol. The standard InChI is InChI=1S/C26H34BNO3.C25H31NO2.C17H24BNO3.C16H21NO2.C9H11Br.C2H5B2O3.C2HF3O2.CH4/c1-17-9-11-20(13-19(17)3)14-23-24(16-28(26(23)29)27(4)30)21-12-10-18(2)25(15-21)31-22-7-5-6-8-22;1-16-8-10-19(12-18(16)3)13-22-23(15-26-25(22)27)20-11-9-17(2)24(14-20)28-21-6-4-5-7-21;1-12-7-8-13(9-16(12)22-15-5-3-4-6-15)14-10-17(20)19(11-14)18(2)21;1-11-6-7-12(13-9-16(18)17-10-13)8-15(11)19-14-4-2-3-5-14;1-7-3-4-9(6-10)5-8(7)2;1-3-7-6-2-4-5;3-2(4,5)1(6)7;/h9-13,15,22-24,30H,5-8,14,16H2,1-4H3;8-12,14,21-23H,4-7,13,15H2,1-3H3,(H,26,27);7-9,14-15,21H,3-6,10-11H2,1-2H3;6-8,13-14H,2-5,9-10H2,1H3,(H,17,18);3-5H,6H2,1-2H3;2H2,1H3;(H,6,7);1H4. The molecule has 5 N–H and O–H groups in total. The largest absolute Gasteiger partial charge is 0.490 e. The molecule has 27 heteroatoms. The van der Waals surface area contributed by atoms with Crippen molar-refractivity contribution in [2.24, 2.45) is 11.8 Å². The first-order valence-electron chi connectivity index (χ1n) is 44.3. The Morgan fingerprint density at radius 2 is 0.848 bits per heavy atom. The third kappa shape index (κ3) is 30.5. The Balaban J connectivity index is 0.000000191. The van der Waals surface area contributed by atoms with Crippen molar-refractivity contribution in [3.05, 3.63) is 222 Å². The predicted octanol–water partition coefficient (Wildman–Crippen LogP) is 19.6. The maximum atomic E-state index is 13.3. The number of ether oxygens (including phenoxy) is 4. The molecular weight excluding hydrogens is 1650 g/mol. The summed E-state index contributed by atoms with van der Waals surface area (Å²) in [6.07, 6.45) is 18.1. The molecule has 4 amide bonds. The zero-order valence-corrected chi connectivity index (χ0v) is 76.3. The van der Waals surface area contributed by atoms with Crippen molar-refractivity contribution in [1.82, 2.24) is 20.3 Å². The van der Waals surface area contributed by atoms with Crippen molar-refractivity contribution < 1.29 is 85.6 Å². The van der Waals surface area contributed by atoms with Crippen molar-refractivity contribution in [3.8, 4) is 23.0 Å². The molecule has 673 valence electrons. The van der Waals surface area contributed by atoms with Gasteiger partial charge in [0.1, 0.15) is 23.0 Å². The van der Waals surface area contributed by atoms with Crippen molar-refractivity contribution in [2.45, 2.75) is 285 Å². The van der Waals surface area contributed by atoms with Gasteiger partial charge < -0.3 is 54.4 Å². The van der Waals surface area contributed by atoms with Crippen molar-refractivity contribution in [1.29, 1.82) is 0 Å². The van der Waals surface area contributed by atoms with E-state index < -0.39 is 26.2 Å². The van der Waals surface area contributed by atoms with Gasteiger partial charge in [0.25, 0.3) is 0 Å². The Kier molecular flexibility index (Phi) is 40.3. The van der Waals surface area contributed by atoms with Crippen LogP contribution in [0.5, 0.6) is 23.0 Å². The molecule has 4 saturated carbocycles. The van der Waals surface area contributed by atoms with Gasteiger partial charge in [-0.15, -0.1) is 0 Å². The molecule has 15 rings (SSSR count). The van der Waals surface area contributed by atoms with Crippen LogP contribution < -0.4 is 29.6 Å². The molecule has 0 spiro atoms. The minimum atomic E-state index is -5.08. The van der Waals surface area contributed by atoms with Crippen LogP contribution >= 0.6 is 15.9 Å². The summed E-state index contributed by atoms with van der Waals surface area (Å²) in [5, 5.41) is 33.9. The molecule has 6 atom stereocenters. The van der Waals surface area contributed by atoms with Crippen molar-refractivity contribution in [2.75, 3.05) is 32.7 Å². The maximum Gasteiger partial charge on any atom is 0.490 e. The Bertz CT molecular complexity index is 4690. The predicted molar refractivity (Wildman–Crippen MR) is 494 cm³/mol. The summed E-state index contributed by atoms with van der Waals surface area (Å²) in [7, 11) is 0.476. The smallest absolute Gasteiger partial charge is 0.490 e. The number of carboxylic acids is 1. The Hall–Kier alpha value is -8.74. The number of hydrogen-bond donors (Lipinski definition) is 5. The second kappa shape index (κ2) is 49.6. The molecule has 6 unspecified atom stereocenters. The number of rotatable bonds is 23. The molecule has 125 heavy (non-hydrogen) atoms. The quantitative estimate of drug-likeness (QED) is 0.0131. The van der Waals surface area contributed by atoms with Gasteiger partial charge >= 0.3 is 68.6 Å². The number of benzene rings is 7. The second-order valence-electron chi connectivity index (χ2n) is 34.7. The van der Waals surface area contributed by atoms with Gasteiger partial charge in [0.2, 0.25) is 23.6 Å². The monoisotopic (exact) mass is 1780 g/mol. The Morgan fingerprint density at radius 3 is 1.21 bits per heavy atom. The topological polar surface area (TPSA) is 249 Å². The van der Waals surface area contributed by atoms with Gasteiger partial charge in [-0.3, -0.25) is 19.2 Å². The van der Waals surface area contributed by atoms with Crippen molar-refractivity contribution >= 4 is 74.3 Å². The third-order valence-electron chi connectivity index (χ3n) is 25.2. The fourth-order valence-electron chi connectivity index (χ4n) is 17.2. The minimum Gasteiger partial charge on any atom is -0.490 e. The molecule has 1 radical (unpaired) electrons. The molecular formula is C98H131B4BrF3N4O15. The number of aryl methyl sites for hydroxylation is 10. The molecule has 0 bridgehead atoms. The summed E-state index contributed by atoms with van der Waals surface area (Å²) in [6.45, 7) is 28.7. The summed E-state index contributed by atoms with van der Waals surface area (Å²) in [5.74, 6) is 2.00. The van der Waals surface area contributed by atoms with Gasteiger partial charge in [-0.1, -0.05) is 126 Å². The number of carbonyl (C=O) groups excluding carboxylic acids is 4. The molecule has 4 aliphatic carbocycles. The van der Waals surface area contributed by atoms with E-state index in [0.29, 0.717) is 76.4 Å². The summed E-state index contributed by atoms with van der Waals surface area (Å²) in [4.78, 5) is 69.6. The van der Waals surface area contributed by atoms with E-state index in [0.717, 1.165) is 102 Å². The molecule has 4 aliphatic heterocycles. The molecule has 4 heterocycles. The first-order valence-corrected chi connectivity index (χ1v) is 45.5. The van der Waals surface area contributed by atoms with Crippen LogP contribution in [0.1, 0.15) is 241 Å². The molecule has 8 aliphatic rings. The SMILES string of the molecule is C.CB(O)N1CC(c2ccc(C)c(OC3CCCC3)c2)C(Cc2ccc(C)c(C)c2)C1=O.CB(O)N1CC(c2ccc(C)c(OC3CCCC3)c2)CC1=O.C[B]OOCB=O.Cc1ccc(C2CNC(=O)C2)cc1OC1CCCC1.Cc1ccc(CBr)cc1C.Cc1ccc(CC2C(=O)NCC2c2ccc(C)c(OC3CCCC3)c2)cc1C.O=C(O)C(F)(F)F. The van der Waals surface area contributed by atoms with Gasteiger partial charge in [0.05, 0.1) is 30.3 Å². The first-order chi connectivity index (χ1) is 59.2. The number of amides is 4. The minimum absolute atomic E-state index is 0. The van der Waals surface area contributed by atoms with Crippen LogP contribution in [0.3, 0.4) is 0 Å². The van der Waals surface area contributed by atoms with E-state index in [1.54, 1.807) is 30.1 Å². The van der Waals surface area contributed by atoms with Gasteiger partial charge in [0.15, 0.2) is 0 Å². The third-order valence-corrected chi connectivity index (χ3v) is 25.8. The van der Waals surface area contributed by atoms with Crippen LogP contribution in [0.2, 0.25) is 20.5 Å². The summed E-state index contributed by atoms with van der Waals surface area (Å²) >= 11 is 3.42. The Morgan fingerprint density at radius 1 is 0.480 bits per heavy atom. The van der Waals surface area contributed by atoms with Crippen molar-refractivity contribution in [3.63, 3.8) is 0 Å². The zero-order chi connectivity index (χ0) is 89.9. The first kappa shape index (κ1) is 102. The number of nitrogens with zero attached hydrogens (tertiary/aromatic N) is 2. The summed E-state index contributed by atoms with van der Waals surface area (Å²) in [6, 6.07) is 45.0. The van der Waals surface area contributed by atoms with Crippen LogP contribution in [0.4, 0.5) is 13.2 Å². The van der Waals surface area contributed by atoms with E-state index >= 15 is 0 Å². The molecule has 7 aromatic carbocycles. The fraction of sp³-hybridized carbons (Fsp3) is 0.520. The summed E-state index contributed by atoms with van der Waals surface area (Å²) in [5.41, 5.74) is 20.9. The number of alkyl halides is 4. The molecule has 8 fully saturated rings. The maximum absolute atomic E-state index is 13.3. The van der Waals surface area contributed by atoms with E-state index in [2.05, 4.69) is 233 Å². The van der Waals surface area contributed by atoms with Gasteiger partial charge in [-0.2, -0.15) is 13.2 Å². The summed E-state index contributed by atoms with van der Waals surface area (Å²) < 4.78 is 66.1. The molecule has 7 aromatic rings. The van der Waals surface area contributed by atoms with Crippen LogP contribution in [0.25, 0.3) is 0 Å². The van der Waals surface area contributed by atoms with E-state index in [-0.39, 0.29) is 67.2 Å². The van der Waals surface area contributed by atoms with Crippen LogP contribution in [0.15, 0.2) is 127 Å². The van der Waals surface area contributed by atoms with E-state index in [9.17, 15) is 47.1 Å². The number of carboxylic acid groups (broad SMARTS) is 1. The number of carbonyl (C=O) groups is 5. The van der Waals surface area contributed by atoms with Crippen LogP contribution in [-0.4, -0.2) is 146 Å². The average Bonchev–Trinajstić information content (AvgIpc) is 1.63. The van der Waals surface area contributed by atoms with Crippen LogP contribution in [-0.2, 0) is 56.5 Å². The van der Waals surface area contributed by atoms with Gasteiger partial charge in [0, 0.05) is 73.9 Å².